The highest BCUT2D eigenvalue weighted by atomic mass is 16.7. The van der Waals surface area contributed by atoms with Crippen LogP contribution in [0, 0.1) is 0 Å². The van der Waals surface area contributed by atoms with Crippen molar-refractivity contribution < 1.29 is 9.47 Å². The maximum absolute atomic E-state index is 5.74. The molecule has 0 saturated heterocycles. The van der Waals surface area contributed by atoms with E-state index in [-0.39, 0.29) is 12.3 Å². The van der Waals surface area contributed by atoms with E-state index in [2.05, 4.69) is 22.4 Å². The molecular weight excluding hydrogens is 252 g/mol. The lowest BCUT2D eigenvalue weighted by molar-refractivity contribution is -0.154. The van der Waals surface area contributed by atoms with Crippen LogP contribution >= 0.6 is 0 Å². The second-order valence-electron chi connectivity index (χ2n) is 4.49. The minimum atomic E-state index is -0.297. The number of pyridine rings is 1. The van der Waals surface area contributed by atoms with Crippen LogP contribution in [0.1, 0.15) is 25.5 Å². The fraction of sp³-hybridized carbons (Fsp3) is 0.438. The zero-order valence-corrected chi connectivity index (χ0v) is 12.3. The monoisotopic (exact) mass is 274 g/mol. The zero-order chi connectivity index (χ0) is 14.4. The normalized spacial score (nSPS) is 13.0. The standard InChI is InChI=1S/C16H22N2O2/c1-4-19-16(20-5-2)15(17-3)14-8-6-7-12-11-18-10-9-13(12)14/h6-11,15-17H,4-5H2,1-3H3. The van der Waals surface area contributed by atoms with E-state index in [1.54, 1.807) is 0 Å². The van der Waals surface area contributed by atoms with Crippen LogP contribution in [0.5, 0.6) is 0 Å². The van der Waals surface area contributed by atoms with Gasteiger partial charge in [-0.05, 0) is 37.9 Å². The van der Waals surface area contributed by atoms with Crippen molar-refractivity contribution in [3.05, 3.63) is 42.2 Å². The highest BCUT2D eigenvalue weighted by Crippen LogP contribution is 2.27. The molecule has 0 saturated carbocycles. The summed E-state index contributed by atoms with van der Waals surface area (Å²) in [5.41, 5.74) is 1.17. The molecule has 1 unspecified atom stereocenters. The van der Waals surface area contributed by atoms with Gasteiger partial charge in [0.2, 0.25) is 0 Å². The molecule has 4 heteroatoms. The Hall–Kier alpha value is -1.49. The van der Waals surface area contributed by atoms with Crippen LogP contribution in [0.25, 0.3) is 10.8 Å². The van der Waals surface area contributed by atoms with Gasteiger partial charge in [0.05, 0.1) is 6.04 Å². The number of hydrogen-bond donors (Lipinski definition) is 1. The summed E-state index contributed by atoms with van der Waals surface area (Å²) < 4.78 is 11.5. The SMILES string of the molecule is CCOC(OCC)C(NC)c1cccc2cnccc12. The topological polar surface area (TPSA) is 43.4 Å². The maximum Gasteiger partial charge on any atom is 0.176 e. The Balaban J connectivity index is 2.42. The highest BCUT2D eigenvalue weighted by molar-refractivity contribution is 5.85. The zero-order valence-electron chi connectivity index (χ0n) is 12.3. The van der Waals surface area contributed by atoms with Crippen molar-refractivity contribution in [1.82, 2.24) is 10.3 Å². The molecule has 0 aliphatic heterocycles. The number of nitrogens with one attached hydrogen (secondary N) is 1. The van der Waals surface area contributed by atoms with Crippen LogP contribution in [0.2, 0.25) is 0 Å². The van der Waals surface area contributed by atoms with Crippen molar-refractivity contribution in [2.24, 2.45) is 0 Å². The van der Waals surface area contributed by atoms with E-state index >= 15 is 0 Å². The van der Waals surface area contributed by atoms with Gasteiger partial charge in [-0.25, -0.2) is 0 Å². The molecule has 20 heavy (non-hydrogen) atoms. The van der Waals surface area contributed by atoms with Gasteiger partial charge < -0.3 is 14.8 Å². The molecule has 1 N–H and O–H groups in total. The van der Waals surface area contributed by atoms with E-state index in [9.17, 15) is 0 Å². The van der Waals surface area contributed by atoms with E-state index in [1.165, 1.54) is 10.9 Å². The molecule has 2 rings (SSSR count). The predicted octanol–water partition coefficient (Wildman–Crippen LogP) is 2.89. The molecule has 0 amide bonds. The fourth-order valence-corrected chi connectivity index (χ4v) is 2.43. The highest BCUT2D eigenvalue weighted by Gasteiger charge is 2.24. The van der Waals surface area contributed by atoms with Crippen LogP contribution in [-0.2, 0) is 9.47 Å². The Kier molecular flexibility index (Phi) is 5.47. The van der Waals surface area contributed by atoms with Gasteiger partial charge in [0.15, 0.2) is 6.29 Å². The molecule has 0 aliphatic rings. The van der Waals surface area contributed by atoms with Crippen molar-refractivity contribution in [1.29, 1.82) is 0 Å². The number of fused-ring (bicyclic) bond motifs is 1. The summed E-state index contributed by atoms with van der Waals surface area (Å²) in [6.07, 6.45) is 3.39. The molecule has 4 nitrogen and oxygen atoms in total. The number of nitrogens with zero attached hydrogens (tertiary/aromatic N) is 1. The average molecular weight is 274 g/mol. The van der Waals surface area contributed by atoms with E-state index in [1.807, 2.05) is 45.4 Å². The van der Waals surface area contributed by atoms with Gasteiger partial charge in [-0.2, -0.15) is 0 Å². The van der Waals surface area contributed by atoms with E-state index < -0.39 is 0 Å². The lowest BCUT2D eigenvalue weighted by atomic mass is 9.99. The van der Waals surface area contributed by atoms with Crippen molar-refractivity contribution >= 4 is 10.8 Å². The first-order valence-corrected chi connectivity index (χ1v) is 7.04. The van der Waals surface area contributed by atoms with E-state index in [0.717, 1.165) is 5.39 Å². The molecule has 0 radical (unpaired) electrons. The van der Waals surface area contributed by atoms with Crippen molar-refractivity contribution in [3.63, 3.8) is 0 Å². The van der Waals surface area contributed by atoms with Gasteiger partial charge in [0.25, 0.3) is 0 Å². The van der Waals surface area contributed by atoms with Gasteiger partial charge in [-0.3, -0.25) is 4.98 Å². The third-order valence-electron chi connectivity index (χ3n) is 3.29. The van der Waals surface area contributed by atoms with Crippen LogP contribution in [0.3, 0.4) is 0 Å². The summed E-state index contributed by atoms with van der Waals surface area (Å²) in [6.45, 7) is 5.20. The van der Waals surface area contributed by atoms with E-state index in [4.69, 9.17) is 9.47 Å². The first kappa shape index (κ1) is 14.9. The number of rotatable bonds is 7. The van der Waals surface area contributed by atoms with Crippen molar-refractivity contribution in [2.75, 3.05) is 20.3 Å². The van der Waals surface area contributed by atoms with Gasteiger partial charge >= 0.3 is 0 Å². The summed E-state index contributed by atoms with van der Waals surface area (Å²) in [7, 11) is 1.93. The molecule has 108 valence electrons. The largest absolute Gasteiger partial charge is 0.351 e. The van der Waals surface area contributed by atoms with Gasteiger partial charge in [0, 0.05) is 31.0 Å². The number of hydrogen-bond acceptors (Lipinski definition) is 4. The van der Waals surface area contributed by atoms with Crippen LogP contribution < -0.4 is 5.32 Å². The molecule has 1 aromatic carbocycles. The maximum atomic E-state index is 5.74. The molecule has 1 heterocycles. The summed E-state index contributed by atoms with van der Waals surface area (Å²) in [4.78, 5) is 4.17. The summed E-state index contributed by atoms with van der Waals surface area (Å²) in [5, 5.41) is 5.60. The second kappa shape index (κ2) is 7.33. The lowest BCUT2D eigenvalue weighted by Crippen LogP contribution is -2.34. The lowest BCUT2D eigenvalue weighted by Gasteiger charge is -2.27. The molecule has 0 fully saturated rings. The molecule has 1 aromatic heterocycles. The summed E-state index contributed by atoms with van der Waals surface area (Å²) in [6, 6.07) is 8.23. The fourth-order valence-electron chi connectivity index (χ4n) is 2.43. The molecule has 0 bridgehead atoms. The Morgan fingerprint density at radius 2 is 1.90 bits per heavy atom. The summed E-state index contributed by atoms with van der Waals surface area (Å²) >= 11 is 0. The minimum absolute atomic E-state index is 0.0130. The van der Waals surface area contributed by atoms with Crippen LogP contribution in [0.15, 0.2) is 36.7 Å². The third-order valence-corrected chi connectivity index (χ3v) is 3.29. The quantitative estimate of drug-likeness (QED) is 0.788. The van der Waals surface area contributed by atoms with Gasteiger partial charge in [-0.1, -0.05) is 18.2 Å². The molecular formula is C16H22N2O2. The Morgan fingerprint density at radius 1 is 1.15 bits per heavy atom. The Labute approximate surface area is 120 Å². The number of ether oxygens (including phenoxy) is 2. The smallest absolute Gasteiger partial charge is 0.176 e. The molecule has 2 aromatic rings. The third kappa shape index (κ3) is 3.15. The van der Waals surface area contributed by atoms with Gasteiger partial charge in [0.1, 0.15) is 0 Å². The van der Waals surface area contributed by atoms with Gasteiger partial charge in [-0.15, -0.1) is 0 Å². The predicted molar refractivity (Wildman–Crippen MR) is 80.6 cm³/mol. The molecule has 0 spiro atoms. The first-order chi connectivity index (χ1) is 9.81. The Morgan fingerprint density at radius 3 is 2.55 bits per heavy atom. The van der Waals surface area contributed by atoms with Crippen molar-refractivity contribution in [3.8, 4) is 0 Å². The summed E-state index contributed by atoms with van der Waals surface area (Å²) in [5.74, 6) is 0. The minimum Gasteiger partial charge on any atom is -0.351 e. The average Bonchev–Trinajstić information content (AvgIpc) is 2.49. The molecule has 0 aliphatic carbocycles. The van der Waals surface area contributed by atoms with Crippen LogP contribution in [0.4, 0.5) is 0 Å². The first-order valence-electron chi connectivity index (χ1n) is 7.04. The number of benzene rings is 1. The number of aromatic nitrogens is 1. The van der Waals surface area contributed by atoms with Crippen LogP contribution in [-0.4, -0.2) is 31.5 Å². The van der Waals surface area contributed by atoms with E-state index in [0.29, 0.717) is 13.2 Å². The second-order valence-corrected chi connectivity index (χ2v) is 4.49. The molecule has 1 atom stereocenters. The Bertz CT molecular complexity index is 533. The van der Waals surface area contributed by atoms with Crippen molar-refractivity contribution in [2.45, 2.75) is 26.2 Å². The number of likely N-dealkylation sites (N-methyl/N-ethyl adjacent to an activating group) is 1.